The third-order valence-electron chi connectivity index (χ3n) is 6.87. The number of carbonyl (C=O) groups is 1. The van der Waals surface area contributed by atoms with Gasteiger partial charge >= 0.3 is 0 Å². The van der Waals surface area contributed by atoms with E-state index in [0.29, 0.717) is 44.7 Å². The minimum atomic E-state index is -0.398. The summed E-state index contributed by atoms with van der Waals surface area (Å²) in [6, 6.07) is 0. The number of ether oxygens (including phenoxy) is 1. The summed E-state index contributed by atoms with van der Waals surface area (Å²) in [5.74, 6) is 1.18. The van der Waals surface area contributed by atoms with Gasteiger partial charge < -0.3 is 25.2 Å². The fourth-order valence-electron chi connectivity index (χ4n) is 5.12. The minimum Gasteiger partial charge on any atom is -0.392 e. The summed E-state index contributed by atoms with van der Waals surface area (Å²) in [7, 11) is 0. The Hall–Kier alpha value is -1.21. The van der Waals surface area contributed by atoms with Crippen LogP contribution in [0, 0.1) is 17.8 Å². The average molecular weight is 421 g/mol. The number of nitrogens with one attached hydrogen (secondary N) is 1. The van der Waals surface area contributed by atoms with Gasteiger partial charge in [0.1, 0.15) is 0 Å². The first-order valence-electron chi connectivity index (χ1n) is 11.9. The topological polar surface area (TPSA) is 82.0 Å². The normalized spacial score (nSPS) is 30.0. The Morgan fingerprint density at radius 3 is 2.93 bits per heavy atom. The van der Waals surface area contributed by atoms with Crippen molar-refractivity contribution in [2.24, 2.45) is 17.8 Å². The Bertz CT molecular complexity index is 600. The number of hydrogen-bond acceptors (Lipinski definition) is 5. The standard InChI is InChI=1S/C24H40N2O4/c1-2-3-4-5-20(27)6-7-21-22-15-18(14-19(22)16-23(21)28)8-9-25-17-24(29)26-10-12-30-13-11-26/h6-7,14,19-23,25,27-28H,2-5,8-13,15-17H2,1H3/b7-6+/t19-,20-,21+,22-,23+/m0/s1. The molecule has 170 valence electrons. The van der Waals surface area contributed by atoms with E-state index in [9.17, 15) is 15.0 Å². The zero-order valence-corrected chi connectivity index (χ0v) is 18.5. The largest absolute Gasteiger partial charge is 0.392 e. The van der Waals surface area contributed by atoms with E-state index in [2.05, 4.69) is 24.4 Å². The summed E-state index contributed by atoms with van der Waals surface area (Å²) >= 11 is 0. The van der Waals surface area contributed by atoms with Crippen molar-refractivity contribution in [3.05, 3.63) is 23.8 Å². The van der Waals surface area contributed by atoms with Gasteiger partial charge in [0.05, 0.1) is 32.0 Å². The van der Waals surface area contributed by atoms with Crippen molar-refractivity contribution < 1.29 is 19.7 Å². The van der Waals surface area contributed by atoms with Crippen LogP contribution in [0.3, 0.4) is 0 Å². The SMILES string of the molecule is CCCCC[C@H](O)/C=C/[C@@H]1[C@H]2CC(CCNCC(=O)N3CCOCC3)=C[C@H]2C[C@H]1O. The van der Waals surface area contributed by atoms with Crippen molar-refractivity contribution in [1.29, 1.82) is 0 Å². The van der Waals surface area contributed by atoms with E-state index >= 15 is 0 Å². The molecule has 1 amide bonds. The third kappa shape index (κ3) is 6.64. The Morgan fingerprint density at radius 2 is 2.17 bits per heavy atom. The molecular formula is C24H40N2O4. The highest BCUT2D eigenvalue weighted by Gasteiger charge is 2.43. The second-order valence-electron chi connectivity index (χ2n) is 9.11. The third-order valence-corrected chi connectivity index (χ3v) is 6.87. The summed E-state index contributed by atoms with van der Waals surface area (Å²) < 4.78 is 5.29. The summed E-state index contributed by atoms with van der Waals surface area (Å²) in [4.78, 5) is 14.0. The number of rotatable bonds is 11. The van der Waals surface area contributed by atoms with Crippen LogP contribution in [-0.4, -0.2) is 72.6 Å². The molecule has 0 unspecified atom stereocenters. The smallest absolute Gasteiger partial charge is 0.236 e. The maximum absolute atomic E-state index is 12.2. The molecular weight excluding hydrogens is 380 g/mol. The van der Waals surface area contributed by atoms with Crippen LogP contribution in [0.4, 0.5) is 0 Å². The molecule has 2 aliphatic carbocycles. The summed E-state index contributed by atoms with van der Waals surface area (Å²) in [5.41, 5.74) is 1.44. The van der Waals surface area contributed by atoms with Crippen LogP contribution in [0.15, 0.2) is 23.8 Å². The van der Waals surface area contributed by atoms with Crippen molar-refractivity contribution >= 4 is 5.91 Å². The van der Waals surface area contributed by atoms with Crippen LogP contribution < -0.4 is 5.32 Å². The highest BCUT2D eigenvalue weighted by atomic mass is 16.5. The number of fused-ring (bicyclic) bond motifs is 1. The number of nitrogens with zero attached hydrogens (tertiary/aromatic N) is 1. The van der Waals surface area contributed by atoms with Crippen molar-refractivity contribution in [3.63, 3.8) is 0 Å². The fraction of sp³-hybridized carbons (Fsp3) is 0.792. The lowest BCUT2D eigenvalue weighted by atomic mass is 9.88. The Morgan fingerprint density at radius 1 is 1.37 bits per heavy atom. The van der Waals surface area contributed by atoms with E-state index in [0.717, 1.165) is 51.5 Å². The van der Waals surface area contributed by atoms with E-state index in [-0.39, 0.29) is 17.9 Å². The van der Waals surface area contributed by atoms with Crippen LogP contribution >= 0.6 is 0 Å². The van der Waals surface area contributed by atoms with E-state index in [1.54, 1.807) is 0 Å². The van der Waals surface area contributed by atoms with Gasteiger partial charge in [0.25, 0.3) is 0 Å². The van der Waals surface area contributed by atoms with Crippen LogP contribution in [0.2, 0.25) is 0 Å². The van der Waals surface area contributed by atoms with Crippen molar-refractivity contribution in [3.8, 4) is 0 Å². The molecule has 0 aromatic carbocycles. The van der Waals surface area contributed by atoms with Gasteiger partial charge in [-0.3, -0.25) is 4.79 Å². The summed E-state index contributed by atoms with van der Waals surface area (Å²) in [5, 5.41) is 23.9. The molecule has 0 aromatic heterocycles. The number of carbonyl (C=O) groups excluding carboxylic acids is 1. The Labute approximate surface area is 181 Å². The predicted octanol–water partition coefficient (Wildman–Crippen LogP) is 2.27. The Balaban J connectivity index is 1.37. The number of aliphatic hydroxyl groups excluding tert-OH is 2. The highest BCUT2D eigenvalue weighted by molar-refractivity contribution is 5.78. The quantitative estimate of drug-likeness (QED) is 0.353. The van der Waals surface area contributed by atoms with Crippen LogP contribution in [-0.2, 0) is 9.53 Å². The number of allylic oxidation sites excluding steroid dienone is 1. The van der Waals surface area contributed by atoms with Crippen molar-refractivity contribution in [2.45, 2.75) is 64.1 Å². The molecule has 6 nitrogen and oxygen atoms in total. The molecule has 3 N–H and O–H groups in total. The molecule has 0 bridgehead atoms. The predicted molar refractivity (Wildman–Crippen MR) is 118 cm³/mol. The molecule has 2 fully saturated rings. The van der Waals surface area contributed by atoms with Gasteiger partial charge in [0.2, 0.25) is 5.91 Å². The zero-order valence-electron chi connectivity index (χ0n) is 18.5. The molecule has 0 spiro atoms. The first-order chi connectivity index (χ1) is 14.6. The molecule has 0 radical (unpaired) electrons. The number of hydrogen-bond donors (Lipinski definition) is 3. The molecule has 5 atom stereocenters. The van der Waals surface area contributed by atoms with Gasteiger partial charge in [0.15, 0.2) is 0 Å². The zero-order chi connectivity index (χ0) is 21.3. The average Bonchev–Trinajstić information content (AvgIpc) is 3.26. The molecule has 30 heavy (non-hydrogen) atoms. The van der Waals surface area contributed by atoms with Crippen molar-refractivity contribution in [2.75, 3.05) is 39.4 Å². The molecule has 1 saturated carbocycles. The first kappa shape index (κ1) is 23.5. The Kier molecular flexibility index (Phi) is 9.37. The maximum Gasteiger partial charge on any atom is 0.236 e. The van der Waals surface area contributed by atoms with E-state index < -0.39 is 6.10 Å². The number of unbranched alkanes of at least 4 members (excludes halogenated alkanes) is 2. The van der Waals surface area contributed by atoms with E-state index in [4.69, 9.17) is 4.74 Å². The van der Waals surface area contributed by atoms with Gasteiger partial charge in [-0.2, -0.15) is 0 Å². The molecule has 3 aliphatic rings. The number of amides is 1. The molecule has 3 rings (SSSR count). The minimum absolute atomic E-state index is 0.139. The lowest BCUT2D eigenvalue weighted by Crippen LogP contribution is -2.44. The molecule has 6 heteroatoms. The fourth-order valence-corrected chi connectivity index (χ4v) is 5.12. The van der Waals surface area contributed by atoms with Gasteiger partial charge in [-0.15, -0.1) is 0 Å². The number of aliphatic hydroxyl groups is 2. The lowest BCUT2D eigenvalue weighted by molar-refractivity contribution is -0.134. The highest BCUT2D eigenvalue weighted by Crippen LogP contribution is 2.47. The maximum atomic E-state index is 12.2. The summed E-state index contributed by atoms with van der Waals surface area (Å²) in [6.07, 6.45) is 12.6. The van der Waals surface area contributed by atoms with Gasteiger partial charge in [-0.05, 0) is 44.1 Å². The lowest BCUT2D eigenvalue weighted by Gasteiger charge is -2.27. The van der Waals surface area contributed by atoms with Gasteiger partial charge in [-0.25, -0.2) is 0 Å². The van der Waals surface area contributed by atoms with Crippen LogP contribution in [0.25, 0.3) is 0 Å². The molecule has 1 heterocycles. The first-order valence-corrected chi connectivity index (χ1v) is 11.9. The van der Waals surface area contributed by atoms with Crippen LogP contribution in [0.1, 0.15) is 51.9 Å². The second-order valence-corrected chi connectivity index (χ2v) is 9.11. The monoisotopic (exact) mass is 420 g/mol. The molecule has 0 aromatic rings. The summed E-state index contributed by atoms with van der Waals surface area (Å²) in [6.45, 7) is 6.02. The molecule has 1 saturated heterocycles. The van der Waals surface area contributed by atoms with Gasteiger partial charge in [0, 0.05) is 19.0 Å². The van der Waals surface area contributed by atoms with Crippen molar-refractivity contribution in [1.82, 2.24) is 10.2 Å². The van der Waals surface area contributed by atoms with E-state index in [1.165, 1.54) is 5.57 Å². The van der Waals surface area contributed by atoms with Crippen LogP contribution in [0.5, 0.6) is 0 Å². The van der Waals surface area contributed by atoms with E-state index in [1.807, 2.05) is 11.0 Å². The second kappa shape index (κ2) is 12.0. The molecule has 1 aliphatic heterocycles. The number of morpholine rings is 1. The van der Waals surface area contributed by atoms with Gasteiger partial charge in [-0.1, -0.05) is 50.0 Å².